The summed E-state index contributed by atoms with van der Waals surface area (Å²) in [5, 5.41) is 15.3. The minimum absolute atomic E-state index is 0.0122. The van der Waals surface area contributed by atoms with Gasteiger partial charge in [-0.25, -0.2) is 4.79 Å². The maximum absolute atomic E-state index is 12.3. The normalized spacial score (nSPS) is 22.8. The second kappa shape index (κ2) is 5.31. The molecule has 1 amide bonds. The van der Waals surface area contributed by atoms with E-state index >= 15 is 0 Å². The Hall–Kier alpha value is -1.59. The summed E-state index contributed by atoms with van der Waals surface area (Å²) in [4.78, 5) is 23.2. The monoisotopic (exact) mass is 308 g/mol. The highest BCUT2D eigenvalue weighted by molar-refractivity contribution is 6.34. The Morgan fingerprint density at radius 1 is 1.33 bits per heavy atom. The van der Waals surface area contributed by atoms with Crippen LogP contribution in [-0.2, 0) is 4.79 Å². The molecule has 3 rings (SSSR count). The Morgan fingerprint density at radius 2 is 2.05 bits per heavy atom. The summed E-state index contributed by atoms with van der Waals surface area (Å²) in [6.07, 6.45) is 3.01. The number of hydrogen-bond acceptors (Lipinski definition) is 3. The molecular formula is C15H17ClN2O3. The van der Waals surface area contributed by atoms with Crippen molar-refractivity contribution in [1.82, 2.24) is 5.32 Å². The van der Waals surface area contributed by atoms with Crippen molar-refractivity contribution < 1.29 is 14.7 Å². The number of carbonyl (C=O) groups excluding carboxylic acids is 1. The largest absolute Gasteiger partial charge is 0.478 e. The molecule has 0 bridgehead atoms. The predicted octanol–water partition coefficient (Wildman–Crippen LogP) is 2.37. The molecule has 1 spiro atoms. The van der Waals surface area contributed by atoms with E-state index in [1.165, 1.54) is 12.1 Å². The van der Waals surface area contributed by atoms with Gasteiger partial charge in [0.25, 0.3) is 0 Å². The van der Waals surface area contributed by atoms with Gasteiger partial charge in [-0.2, -0.15) is 0 Å². The van der Waals surface area contributed by atoms with Crippen LogP contribution in [0.4, 0.5) is 5.69 Å². The van der Waals surface area contributed by atoms with E-state index in [0.29, 0.717) is 5.69 Å². The molecule has 21 heavy (non-hydrogen) atoms. The molecule has 1 aliphatic heterocycles. The Labute approximate surface area is 127 Å². The quantitative estimate of drug-likeness (QED) is 0.801. The van der Waals surface area contributed by atoms with Crippen molar-refractivity contribution in [3.63, 3.8) is 0 Å². The van der Waals surface area contributed by atoms with Crippen LogP contribution in [0.1, 0.15) is 29.6 Å². The van der Waals surface area contributed by atoms with E-state index < -0.39 is 5.97 Å². The van der Waals surface area contributed by atoms with Crippen LogP contribution >= 0.6 is 11.6 Å². The first-order chi connectivity index (χ1) is 10.0. The number of aromatic carboxylic acids is 1. The van der Waals surface area contributed by atoms with Gasteiger partial charge in [-0.05, 0) is 56.0 Å². The average Bonchev–Trinajstić information content (AvgIpc) is 3.15. The molecule has 1 heterocycles. The van der Waals surface area contributed by atoms with Gasteiger partial charge in [-0.15, -0.1) is 0 Å². The van der Waals surface area contributed by atoms with Crippen LogP contribution in [0.3, 0.4) is 0 Å². The van der Waals surface area contributed by atoms with Crippen molar-refractivity contribution in [2.24, 2.45) is 11.3 Å². The van der Waals surface area contributed by atoms with E-state index in [9.17, 15) is 9.59 Å². The minimum Gasteiger partial charge on any atom is -0.478 e. The smallest absolute Gasteiger partial charge is 0.335 e. The summed E-state index contributed by atoms with van der Waals surface area (Å²) in [5.74, 6) is -0.998. The number of carbonyl (C=O) groups is 2. The lowest BCUT2D eigenvalue weighted by Gasteiger charge is -2.23. The van der Waals surface area contributed by atoms with Crippen molar-refractivity contribution in [3.8, 4) is 0 Å². The third kappa shape index (κ3) is 2.76. The number of rotatable bonds is 3. The molecule has 0 aromatic heterocycles. The number of halogens is 1. The Balaban J connectivity index is 1.67. The summed E-state index contributed by atoms with van der Waals surface area (Å²) < 4.78 is 0. The fraction of sp³-hybridized carbons (Fsp3) is 0.467. The molecule has 1 aromatic carbocycles. The van der Waals surface area contributed by atoms with Crippen molar-refractivity contribution in [2.45, 2.75) is 19.3 Å². The van der Waals surface area contributed by atoms with Crippen molar-refractivity contribution >= 4 is 29.2 Å². The topological polar surface area (TPSA) is 78.4 Å². The number of nitrogens with one attached hydrogen (secondary N) is 2. The summed E-state index contributed by atoms with van der Waals surface area (Å²) in [5.41, 5.74) is 0.755. The van der Waals surface area contributed by atoms with E-state index in [1.54, 1.807) is 6.07 Å². The first kappa shape index (κ1) is 14.4. The lowest BCUT2D eigenvalue weighted by Crippen LogP contribution is -2.31. The third-order valence-corrected chi connectivity index (χ3v) is 4.89. The summed E-state index contributed by atoms with van der Waals surface area (Å²) in [7, 11) is 0. The van der Waals surface area contributed by atoms with Gasteiger partial charge in [-0.1, -0.05) is 11.6 Å². The standard InChI is InChI=1S/C15H17ClN2O3/c16-11-7-9(14(20)21)1-2-12(11)18-13(19)10-8-15(10)3-5-17-6-4-15/h1-2,7,10,17H,3-6,8H2,(H,18,19)(H,20,21). The number of anilines is 1. The SMILES string of the molecule is O=C(O)c1ccc(NC(=O)C2CC23CCNCC3)c(Cl)c1. The molecule has 112 valence electrons. The lowest BCUT2D eigenvalue weighted by atomic mass is 9.92. The van der Waals surface area contributed by atoms with Gasteiger partial charge in [-0.3, -0.25) is 4.79 Å². The first-order valence-electron chi connectivity index (χ1n) is 7.06. The van der Waals surface area contributed by atoms with E-state index in [0.717, 1.165) is 32.4 Å². The predicted molar refractivity (Wildman–Crippen MR) is 79.7 cm³/mol. The number of carboxylic acids is 1. The maximum atomic E-state index is 12.3. The van der Waals surface area contributed by atoms with Gasteiger partial charge in [0, 0.05) is 5.92 Å². The molecule has 1 saturated carbocycles. The van der Waals surface area contributed by atoms with Crippen molar-refractivity contribution in [1.29, 1.82) is 0 Å². The molecule has 1 atom stereocenters. The van der Waals surface area contributed by atoms with Gasteiger partial charge in [0.1, 0.15) is 0 Å². The fourth-order valence-electron chi connectivity index (χ4n) is 3.17. The zero-order chi connectivity index (χ0) is 15.0. The molecule has 2 fully saturated rings. The van der Waals surface area contributed by atoms with Crippen LogP contribution in [0.25, 0.3) is 0 Å². The number of benzene rings is 1. The van der Waals surface area contributed by atoms with Gasteiger partial charge in [0.05, 0.1) is 16.3 Å². The highest BCUT2D eigenvalue weighted by atomic mass is 35.5. The number of carboxylic acid groups (broad SMARTS) is 1. The third-order valence-electron chi connectivity index (χ3n) is 4.58. The summed E-state index contributed by atoms with van der Waals surface area (Å²) in [6, 6.07) is 4.34. The zero-order valence-corrected chi connectivity index (χ0v) is 12.2. The van der Waals surface area contributed by atoms with E-state index in [1.807, 2.05) is 0 Å². The Morgan fingerprint density at radius 3 is 2.67 bits per heavy atom. The molecule has 2 aliphatic rings. The molecular weight excluding hydrogens is 292 g/mol. The van der Waals surface area contributed by atoms with Crippen LogP contribution in [-0.4, -0.2) is 30.1 Å². The molecule has 1 unspecified atom stereocenters. The summed E-state index contributed by atoms with van der Waals surface area (Å²) >= 11 is 6.03. The van der Waals surface area contributed by atoms with Crippen LogP contribution in [0.2, 0.25) is 5.02 Å². The first-order valence-corrected chi connectivity index (χ1v) is 7.44. The molecule has 1 aromatic rings. The van der Waals surface area contributed by atoms with Crippen molar-refractivity contribution in [2.75, 3.05) is 18.4 Å². The molecule has 1 saturated heterocycles. The zero-order valence-electron chi connectivity index (χ0n) is 11.5. The van der Waals surface area contributed by atoms with Crippen LogP contribution < -0.4 is 10.6 Å². The number of piperidine rings is 1. The number of amides is 1. The van der Waals surface area contributed by atoms with Crippen LogP contribution in [0.5, 0.6) is 0 Å². The van der Waals surface area contributed by atoms with Crippen molar-refractivity contribution in [3.05, 3.63) is 28.8 Å². The van der Waals surface area contributed by atoms with E-state index in [4.69, 9.17) is 16.7 Å². The highest BCUT2D eigenvalue weighted by Crippen LogP contribution is 2.58. The molecule has 0 radical (unpaired) electrons. The minimum atomic E-state index is -1.04. The molecule has 6 heteroatoms. The second-order valence-corrected chi connectivity index (χ2v) is 6.27. The van der Waals surface area contributed by atoms with Gasteiger partial charge < -0.3 is 15.7 Å². The van der Waals surface area contributed by atoms with Crippen LogP contribution in [0, 0.1) is 11.3 Å². The Bertz CT molecular complexity index is 597. The Kier molecular flexibility index (Phi) is 3.63. The maximum Gasteiger partial charge on any atom is 0.335 e. The van der Waals surface area contributed by atoms with Gasteiger partial charge in [0.15, 0.2) is 0 Å². The summed E-state index contributed by atoms with van der Waals surface area (Å²) in [6.45, 7) is 1.94. The average molecular weight is 309 g/mol. The second-order valence-electron chi connectivity index (χ2n) is 5.86. The van der Waals surface area contributed by atoms with E-state index in [-0.39, 0.29) is 27.8 Å². The van der Waals surface area contributed by atoms with Gasteiger partial charge >= 0.3 is 5.97 Å². The number of hydrogen-bond donors (Lipinski definition) is 3. The molecule has 3 N–H and O–H groups in total. The highest BCUT2D eigenvalue weighted by Gasteiger charge is 2.57. The fourth-order valence-corrected chi connectivity index (χ4v) is 3.39. The van der Waals surface area contributed by atoms with Gasteiger partial charge in [0.2, 0.25) is 5.91 Å². The molecule has 5 nitrogen and oxygen atoms in total. The van der Waals surface area contributed by atoms with E-state index in [2.05, 4.69) is 10.6 Å². The van der Waals surface area contributed by atoms with Crippen LogP contribution in [0.15, 0.2) is 18.2 Å². The molecule has 1 aliphatic carbocycles. The lowest BCUT2D eigenvalue weighted by molar-refractivity contribution is -0.118.